The third kappa shape index (κ3) is 5.46. The van der Waals surface area contributed by atoms with Crippen LogP contribution in [0.1, 0.15) is 15.9 Å². The second-order valence-electron chi connectivity index (χ2n) is 7.44. The van der Waals surface area contributed by atoms with Gasteiger partial charge in [-0.1, -0.05) is 41.9 Å². The van der Waals surface area contributed by atoms with Gasteiger partial charge in [-0.05, 0) is 42.0 Å². The number of rotatable bonds is 9. The minimum atomic E-state index is -0.148. The lowest BCUT2D eigenvalue weighted by atomic mass is 10.2. The number of nitrogens with one attached hydrogen (secondary N) is 1. The topological polar surface area (TPSA) is 52.5 Å². The predicted molar refractivity (Wildman–Crippen MR) is 135 cm³/mol. The van der Waals surface area contributed by atoms with Gasteiger partial charge >= 0.3 is 0 Å². The van der Waals surface area contributed by atoms with E-state index < -0.39 is 0 Å². The standard InChI is InChI=1S/C26H25ClN2O3S/c1-31-23-12-9-19(15-24(23)32-2)26(30)28-13-14-29-16-25(21-5-3-4-6-22(21)29)33-17-18-7-10-20(27)11-8-18/h3-12,15-16H,13-14,17H2,1-2H3,(H,28,30). The number of halogens is 1. The maximum Gasteiger partial charge on any atom is 0.251 e. The van der Waals surface area contributed by atoms with Crippen LogP contribution in [0.5, 0.6) is 11.5 Å². The molecule has 0 atom stereocenters. The Morgan fingerprint density at radius 3 is 2.52 bits per heavy atom. The van der Waals surface area contributed by atoms with Crippen molar-refractivity contribution in [3.63, 3.8) is 0 Å². The van der Waals surface area contributed by atoms with E-state index in [2.05, 4.69) is 46.4 Å². The minimum absolute atomic E-state index is 0.148. The van der Waals surface area contributed by atoms with E-state index in [9.17, 15) is 4.79 Å². The van der Waals surface area contributed by atoms with Crippen LogP contribution in [0.3, 0.4) is 0 Å². The Hall–Kier alpha value is -3.09. The Kier molecular flexibility index (Phi) is 7.47. The summed E-state index contributed by atoms with van der Waals surface area (Å²) in [5, 5.41) is 4.95. The van der Waals surface area contributed by atoms with Crippen LogP contribution in [0, 0.1) is 0 Å². The summed E-state index contributed by atoms with van der Waals surface area (Å²) >= 11 is 7.79. The molecule has 0 bridgehead atoms. The largest absolute Gasteiger partial charge is 0.493 e. The summed E-state index contributed by atoms with van der Waals surface area (Å²) < 4.78 is 12.7. The van der Waals surface area contributed by atoms with Crippen molar-refractivity contribution in [1.82, 2.24) is 9.88 Å². The minimum Gasteiger partial charge on any atom is -0.493 e. The van der Waals surface area contributed by atoms with Crippen LogP contribution >= 0.6 is 23.4 Å². The highest BCUT2D eigenvalue weighted by Gasteiger charge is 2.12. The van der Waals surface area contributed by atoms with Crippen molar-refractivity contribution >= 4 is 40.2 Å². The third-order valence-corrected chi connectivity index (χ3v) is 6.71. The summed E-state index contributed by atoms with van der Waals surface area (Å²) in [4.78, 5) is 13.8. The van der Waals surface area contributed by atoms with Crippen LogP contribution in [0.15, 0.2) is 77.8 Å². The Morgan fingerprint density at radius 1 is 1.00 bits per heavy atom. The molecule has 4 aromatic rings. The van der Waals surface area contributed by atoms with Gasteiger partial charge in [-0.15, -0.1) is 11.8 Å². The normalized spacial score (nSPS) is 10.9. The van der Waals surface area contributed by atoms with Crippen molar-refractivity contribution in [2.24, 2.45) is 0 Å². The third-order valence-electron chi connectivity index (χ3n) is 5.34. The van der Waals surface area contributed by atoms with E-state index in [0.717, 1.165) is 16.3 Å². The zero-order chi connectivity index (χ0) is 23.2. The van der Waals surface area contributed by atoms with Gasteiger partial charge in [-0.2, -0.15) is 0 Å². The lowest BCUT2D eigenvalue weighted by Gasteiger charge is -2.10. The number of benzene rings is 3. The Bertz CT molecular complexity index is 1250. The lowest BCUT2D eigenvalue weighted by Crippen LogP contribution is -2.27. The Labute approximate surface area is 202 Å². The van der Waals surface area contributed by atoms with Gasteiger partial charge in [0.05, 0.1) is 14.2 Å². The molecule has 3 aromatic carbocycles. The molecule has 0 saturated carbocycles. The van der Waals surface area contributed by atoms with Gasteiger partial charge in [0.15, 0.2) is 11.5 Å². The van der Waals surface area contributed by atoms with Crippen LogP contribution in [0.2, 0.25) is 5.02 Å². The molecule has 0 fully saturated rings. The van der Waals surface area contributed by atoms with Crippen molar-refractivity contribution in [1.29, 1.82) is 0 Å². The Morgan fingerprint density at radius 2 is 1.76 bits per heavy atom. The number of para-hydroxylation sites is 1. The monoisotopic (exact) mass is 480 g/mol. The quantitative estimate of drug-likeness (QED) is 0.297. The number of thioether (sulfide) groups is 1. The van der Waals surface area contributed by atoms with Crippen LogP contribution in [0.25, 0.3) is 10.9 Å². The first-order valence-corrected chi connectivity index (χ1v) is 11.9. The molecule has 170 valence electrons. The molecule has 1 amide bonds. The van der Waals surface area contributed by atoms with Gasteiger partial charge in [-0.3, -0.25) is 4.79 Å². The first-order chi connectivity index (χ1) is 16.1. The highest BCUT2D eigenvalue weighted by atomic mass is 35.5. The van der Waals surface area contributed by atoms with E-state index in [0.29, 0.717) is 30.2 Å². The summed E-state index contributed by atoms with van der Waals surface area (Å²) in [5.41, 5.74) is 2.91. The molecule has 7 heteroatoms. The van der Waals surface area contributed by atoms with Crippen LogP contribution in [0.4, 0.5) is 0 Å². The molecule has 0 aliphatic carbocycles. The second-order valence-corrected chi connectivity index (χ2v) is 8.90. The number of ether oxygens (including phenoxy) is 2. The van der Waals surface area contributed by atoms with E-state index in [-0.39, 0.29) is 5.91 Å². The molecule has 0 unspecified atom stereocenters. The predicted octanol–water partition coefficient (Wildman–Crippen LogP) is 6.03. The SMILES string of the molecule is COc1ccc(C(=O)NCCn2cc(SCc3ccc(Cl)cc3)c3ccccc32)cc1OC. The molecule has 0 aliphatic heterocycles. The van der Waals surface area contributed by atoms with Gasteiger partial charge < -0.3 is 19.4 Å². The smallest absolute Gasteiger partial charge is 0.251 e. The average Bonchev–Trinajstić information content (AvgIpc) is 3.20. The summed E-state index contributed by atoms with van der Waals surface area (Å²) in [6.45, 7) is 1.17. The molecule has 0 aliphatic rings. The molecule has 0 saturated heterocycles. The molecule has 0 radical (unpaired) electrons. The van der Waals surface area contributed by atoms with E-state index in [4.69, 9.17) is 21.1 Å². The fourth-order valence-electron chi connectivity index (χ4n) is 3.62. The maximum atomic E-state index is 12.6. The van der Waals surface area contributed by atoms with Gasteiger partial charge in [0.2, 0.25) is 0 Å². The number of carbonyl (C=O) groups excluding carboxylic acids is 1. The van der Waals surface area contributed by atoms with Gasteiger partial charge in [0, 0.05) is 51.4 Å². The summed E-state index contributed by atoms with van der Waals surface area (Å²) in [5.74, 6) is 1.84. The number of hydrogen-bond acceptors (Lipinski definition) is 4. The molecule has 5 nitrogen and oxygen atoms in total. The first-order valence-electron chi connectivity index (χ1n) is 10.5. The van der Waals surface area contributed by atoms with E-state index in [1.165, 1.54) is 15.8 Å². The van der Waals surface area contributed by atoms with Crippen molar-refractivity contribution in [2.45, 2.75) is 17.2 Å². The zero-order valence-corrected chi connectivity index (χ0v) is 20.1. The van der Waals surface area contributed by atoms with Crippen molar-refractivity contribution in [3.05, 3.63) is 89.1 Å². The first kappa shape index (κ1) is 23.1. The molecule has 1 heterocycles. The number of amides is 1. The van der Waals surface area contributed by atoms with Crippen LogP contribution in [-0.4, -0.2) is 31.2 Å². The number of nitrogens with zero attached hydrogens (tertiary/aromatic N) is 1. The summed E-state index contributed by atoms with van der Waals surface area (Å²) in [6, 6.07) is 21.4. The number of carbonyl (C=O) groups is 1. The van der Waals surface area contributed by atoms with Crippen molar-refractivity contribution < 1.29 is 14.3 Å². The molecular formula is C26H25ClN2O3S. The highest BCUT2D eigenvalue weighted by molar-refractivity contribution is 7.98. The van der Waals surface area contributed by atoms with Crippen LogP contribution in [-0.2, 0) is 12.3 Å². The van der Waals surface area contributed by atoms with Gasteiger partial charge in [0.1, 0.15) is 0 Å². The number of hydrogen-bond donors (Lipinski definition) is 1. The molecule has 1 aromatic heterocycles. The van der Waals surface area contributed by atoms with Crippen molar-refractivity contribution in [3.8, 4) is 11.5 Å². The fraction of sp³-hybridized carbons (Fsp3) is 0.192. The van der Waals surface area contributed by atoms with E-state index >= 15 is 0 Å². The zero-order valence-electron chi connectivity index (χ0n) is 18.5. The molecule has 1 N–H and O–H groups in total. The van der Waals surface area contributed by atoms with Gasteiger partial charge in [-0.25, -0.2) is 0 Å². The number of aromatic nitrogens is 1. The summed E-state index contributed by atoms with van der Waals surface area (Å²) in [7, 11) is 3.13. The lowest BCUT2D eigenvalue weighted by molar-refractivity contribution is 0.0952. The molecule has 4 rings (SSSR count). The summed E-state index contributed by atoms with van der Waals surface area (Å²) in [6.07, 6.45) is 2.16. The van der Waals surface area contributed by atoms with Crippen molar-refractivity contribution in [2.75, 3.05) is 20.8 Å². The van der Waals surface area contributed by atoms with Gasteiger partial charge in [0.25, 0.3) is 5.91 Å². The molecule has 33 heavy (non-hydrogen) atoms. The average molecular weight is 481 g/mol. The fourth-order valence-corrected chi connectivity index (χ4v) is 4.79. The van der Waals surface area contributed by atoms with E-state index in [1.807, 2.05) is 18.2 Å². The van der Waals surface area contributed by atoms with Crippen LogP contribution < -0.4 is 14.8 Å². The Balaban J connectivity index is 1.42. The highest BCUT2D eigenvalue weighted by Crippen LogP contribution is 2.32. The number of fused-ring (bicyclic) bond motifs is 1. The maximum absolute atomic E-state index is 12.6. The second kappa shape index (κ2) is 10.7. The van der Waals surface area contributed by atoms with E-state index in [1.54, 1.807) is 44.2 Å². The molecule has 0 spiro atoms. The number of methoxy groups -OCH3 is 2. The molecular weight excluding hydrogens is 456 g/mol.